The van der Waals surface area contributed by atoms with E-state index in [1.54, 1.807) is 14.2 Å². The first kappa shape index (κ1) is 18.2. The molecule has 1 aliphatic heterocycles. The molecule has 0 saturated carbocycles. The molecule has 0 amide bonds. The lowest BCUT2D eigenvalue weighted by Gasteiger charge is -2.09. The van der Waals surface area contributed by atoms with Gasteiger partial charge in [0.25, 0.3) is 0 Å². The molecular weight excluding hydrogens is 237 g/mol. The third-order valence-electron chi connectivity index (χ3n) is 2.81. The van der Waals surface area contributed by atoms with Gasteiger partial charge in [-0.15, -0.1) is 0 Å². The van der Waals surface area contributed by atoms with Crippen LogP contribution in [0, 0.1) is 0 Å². The summed E-state index contributed by atoms with van der Waals surface area (Å²) in [6.07, 6.45) is 0. The maximum Gasteiger partial charge on any atom is 0.493 e. The maximum atomic E-state index is 5.24. The predicted octanol–water partition coefficient (Wildman–Crippen LogP) is 2.67. The highest BCUT2D eigenvalue weighted by molar-refractivity contribution is 6.61. The van der Waals surface area contributed by atoms with Crippen molar-refractivity contribution in [2.75, 3.05) is 21.3 Å². The topological polar surface area (TPSA) is 21.7 Å². The monoisotopic (exact) mass is 265 g/mol. The van der Waals surface area contributed by atoms with Gasteiger partial charge in [0.15, 0.2) is 0 Å². The lowest BCUT2D eigenvalue weighted by Crippen LogP contribution is -2.34. The third-order valence-corrected chi connectivity index (χ3v) is 2.81. The van der Waals surface area contributed by atoms with Crippen molar-refractivity contribution in [1.29, 1.82) is 0 Å². The van der Waals surface area contributed by atoms with Gasteiger partial charge in [-0.3, -0.25) is 4.90 Å². The largest absolute Gasteiger partial charge is 0.493 e. The van der Waals surface area contributed by atoms with Crippen molar-refractivity contribution in [2.24, 2.45) is 0 Å². The lowest BCUT2D eigenvalue weighted by molar-refractivity contribution is 0.292. The lowest BCUT2D eigenvalue weighted by atomic mass is 9.78. The van der Waals surface area contributed by atoms with E-state index >= 15 is 0 Å². The normalized spacial score (nSPS) is 12.8. The van der Waals surface area contributed by atoms with Gasteiger partial charge in [0.1, 0.15) is 0 Å². The van der Waals surface area contributed by atoms with E-state index < -0.39 is 0 Å². The number of fused-ring (bicyclic) bond motifs is 1. The van der Waals surface area contributed by atoms with Crippen LogP contribution in [-0.2, 0) is 22.4 Å². The van der Waals surface area contributed by atoms with E-state index in [9.17, 15) is 0 Å². The third kappa shape index (κ3) is 4.98. The minimum absolute atomic E-state index is 0.249. The van der Waals surface area contributed by atoms with Crippen LogP contribution < -0.4 is 5.46 Å². The molecule has 19 heavy (non-hydrogen) atoms. The number of benzene rings is 1. The molecule has 1 aromatic rings. The highest BCUT2D eigenvalue weighted by atomic mass is 16.6. The Morgan fingerprint density at radius 1 is 0.947 bits per heavy atom. The second-order valence-electron chi connectivity index (χ2n) is 4.00. The summed E-state index contributed by atoms with van der Waals surface area (Å²) in [5.41, 5.74) is 3.88. The zero-order chi connectivity index (χ0) is 14.8. The predicted molar refractivity (Wildman–Crippen MR) is 83.7 cm³/mol. The highest BCUT2D eigenvalue weighted by Gasteiger charge is 2.22. The van der Waals surface area contributed by atoms with E-state index in [1.165, 1.54) is 11.1 Å². The second-order valence-corrected chi connectivity index (χ2v) is 4.00. The van der Waals surface area contributed by atoms with Gasteiger partial charge in [-0.1, -0.05) is 45.9 Å². The van der Waals surface area contributed by atoms with Crippen LogP contribution in [0.3, 0.4) is 0 Å². The molecule has 0 aromatic heterocycles. The van der Waals surface area contributed by atoms with Crippen LogP contribution >= 0.6 is 0 Å². The maximum absolute atomic E-state index is 5.24. The Labute approximate surface area is 119 Å². The number of hydrogen-bond donors (Lipinski definition) is 0. The van der Waals surface area contributed by atoms with Crippen molar-refractivity contribution in [3.05, 3.63) is 29.3 Å². The van der Waals surface area contributed by atoms with Crippen LogP contribution in [0.15, 0.2) is 18.2 Å². The first-order chi connectivity index (χ1) is 9.24. The molecule has 3 nitrogen and oxygen atoms in total. The summed E-state index contributed by atoms with van der Waals surface area (Å²) in [6, 6.07) is 6.42. The van der Waals surface area contributed by atoms with Crippen LogP contribution in [0.2, 0.25) is 0 Å². The minimum atomic E-state index is -0.249. The van der Waals surface area contributed by atoms with Gasteiger partial charge >= 0.3 is 7.12 Å². The molecule has 0 aliphatic carbocycles. The minimum Gasteiger partial charge on any atom is -0.410 e. The Kier molecular flexibility index (Phi) is 9.57. The van der Waals surface area contributed by atoms with E-state index in [-0.39, 0.29) is 7.12 Å². The van der Waals surface area contributed by atoms with Gasteiger partial charge in [-0.05, 0) is 23.6 Å². The Morgan fingerprint density at radius 2 is 1.47 bits per heavy atom. The van der Waals surface area contributed by atoms with Crippen LogP contribution in [0.5, 0.6) is 0 Å². The fourth-order valence-corrected chi connectivity index (χ4v) is 2.10. The summed E-state index contributed by atoms with van der Waals surface area (Å²) < 4.78 is 10.5. The van der Waals surface area contributed by atoms with E-state index in [0.717, 1.165) is 18.6 Å². The van der Waals surface area contributed by atoms with Gasteiger partial charge < -0.3 is 9.31 Å². The summed E-state index contributed by atoms with van der Waals surface area (Å²) in [4.78, 5) is 2.29. The molecule has 0 fully saturated rings. The van der Waals surface area contributed by atoms with E-state index in [0.29, 0.717) is 0 Å². The molecule has 108 valence electrons. The van der Waals surface area contributed by atoms with Crippen LogP contribution in [0.4, 0.5) is 0 Å². The molecular formula is C15H28BNO2. The molecule has 0 bridgehead atoms. The van der Waals surface area contributed by atoms with Crippen molar-refractivity contribution in [3.63, 3.8) is 0 Å². The van der Waals surface area contributed by atoms with E-state index in [1.807, 2.05) is 27.7 Å². The summed E-state index contributed by atoms with van der Waals surface area (Å²) >= 11 is 0. The molecule has 1 aromatic carbocycles. The Balaban J connectivity index is 0.000000741. The summed E-state index contributed by atoms with van der Waals surface area (Å²) in [5.74, 6) is 0. The zero-order valence-electron chi connectivity index (χ0n) is 13.5. The zero-order valence-corrected chi connectivity index (χ0v) is 13.5. The van der Waals surface area contributed by atoms with Gasteiger partial charge in [0.2, 0.25) is 0 Å². The van der Waals surface area contributed by atoms with E-state index in [2.05, 4.69) is 30.1 Å². The van der Waals surface area contributed by atoms with Crippen molar-refractivity contribution >= 4 is 12.6 Å². The average molecular weight is 265 g/mol. The smallest absolute Gasteiger partial charge is 0.410 e. The quantitative estimate of drug-likeness (QED) is 0.784. The Bertz CT molecular complexity index is 354. The number of nitrogens with zero attached hydrogens (tertiary/aromatic N) is 1. The fraction of sp³-hybridized carbons (Fsp3) is 0.600. The molecule has 0 atom stereocenters. The van der Waals surface area contributed by atoms with Gasteiger partial charge in [0, 0.05) is 27.3 Å². The highest BCUT2D eigenvalue weighted by Crippen LogP contribution is 2.19. The average Bonchev–Trinajstić information content (AvgIpc) is 2.84. The molecule has 0 spiro atoms. The van der Waals surface area contributed by atoms with Crippen molar-refractivity contribution in [1.82, 2.24) is 4.90 Å². The number of hydrogen-bond acceptors (Lipinski definition) is 3. The SMILES string of the molecule is CC.CC.COB(OC)c1ccc2c(c1)CN(C)C2. The standard InChI is InChI=1S/C11H16BNO2.2C2H6/c1-13-7-9-4-5-11(6-10(9)8-13)12(14-2)15-3;2*1-2/h4-6H,7-8H2,1-3H3;2*1-2H3. The van der Waals surface area contributed by atoms with Crippen molar-refractivity contribution < 1.29 is 9.31 Å². The molecule has 0 radical (unpaired) electrons. The van der Waals surface area contributed by atoms with Crippen LogP contribution in [-0.4, -0.2) is 33.3 Å². The van der Waals surface area contributed by atoms with Gasteiger partial charge in [-0.2, -0.15) is 0 Å². The molecule has 0 N–H and O–H groups in total. The molecule has 0 unspecified atom stereocenters. The van der Waals surface area contributed by atoms with Crippen LogP contribution in [0.25, 0.3) is 0 Å². The molecule has 1 aliphatic rings. The molecule has 0 saturated heterocycles. The van der Waals surface area contributed by atoms with Crippen molar-refractivity contribution in [3.8, 4) is 0 Å². The first-order valence-corrected chi connectivity index (χ1v) is 7.10. The fourth-order valence-electron chi connectivity index (χ4n) is 2.10. The molecule has 4 heteroatoms. The second kappa shape index (κ2) is 10.0. The summed E-state index contributed by atoms with van der Waals surface area (Å²) in [6.45, 7) is 10.1. The van der Waals surface area contributed by atoms with Gasteiger partial charge in [-0.25, -0.2) is 0 Å². The summed E-state index contributed by atoms with van der Waals surface area (Å²) in [5, 5.41) is 0. The first-order valence-electron chi connectivity index (χ1n) is 7.10. The number of rotatable bonds is 3. The Morgan fingerprint density at radius 3 is 2.00 bits per heavy atom. The Hall–Kier alpha value is -0.835. The van der Waals surface area contributed by atoms with Crippen LogP contribution in [0.1, 0.15) is 38.8 Å². The van der Waals surface area contributed by atoms with Crippen molar-refractivity contribution in [2.45, 2.75) is 40.8 Å². The van der Waals surface area contributed by atoms with Gasteiger partial charge in [0.05, 0.1) is 0 Å². The summed E-state index contributed by atoms with van der Waals surface area (Å²) in [7, 11) is 5.20. The molecule has 1 heterocycles. The molecule has 2 rings (SSSR count). The van der Waals surface area contributed by atoms with E-state index in [4.69, 9.17) is 9.31 Å².